The van der Waals surface area contributed by atoms with Gasteiger partial charge in [-0.3, -0.25) is 14.5 Å². The molecule has 2 rings (SSSR count). The molecular formula is C11H13ClN2O5S2. The van der Waals surface area contributed by atoms with Gasteiger partial charge in [-0.15, -0.1) is 35.1 Å². The predicted octanol–water partition coefficient (Wildman–Crippen LogP) is 0.0402. The van der Waals surface area contributed by atoms with Crippen LogP contribution in [-0.4, -0.2) is 63.3 Å². The summed E-state index contributed by atoms with van der Waals surface area (Å²) in [6, 6.07) is -0.638. The molecule has 0 saturated carbocycles. The number of β-lactam (4-membered cyclic amide) rings is 1. The van der Waals surface area contributed by atoms with Crippen LogP contribution in [0.4, 0.5) is 0 Å². The van der Waals surface area contributed by atoms with Gasteiger partial charge in [-0.05, 0) is 0 Å². The van der Waals surface area contributed by atoms with Crippen LogP contribution in [0.15, 0.2) is 10.6 Å². The molecule has 0 spiro atoms. The Morgan fingerprint density at radius 3 is 2.90 bits per heavy atom. The number of carbonyl (C=O) groups is 3. The van der Waals surface area contributed by atoms with Gasteiger partial charge in [0.1, 0.15) is 29.6 Å². The average Bonchev–Trinajstić information content (AvgIpc) is 2.49. The largest absolute Gasteiger partial charge is 0.477 e. The van der Waals surface area contributed by atoms with Crippen LogP contribution in [0.1, 0.15) is 0 Å². The van der Waals surface area contributed by atoms with Crippen molar-refractivity contribution in [2.24, 2.45) is 5.73 Å². The first-order valence-corrected chi connectivity index (χ1v) is 8.55. The monoisotopic (exact) mass is 352 g/mol. The lowest BCUT2D eigenvalue weighted by atomic mass is 10.1. The molecule has 2 aliphatic rings. The van der Waals surface area contributed by atoms with Crippen LogP contribution < -0.4 is 5.73 Å². The lowest BCUT2D eigenvalue weighted by Crippen LogP contribution is -2.68. The van der Waals surface area contributed by atoms with Crippen molar-refractivity contribution in [3.05, 3.63) is 10.6 Å². The first-order valence-electron chi connectivity index (χ1n) is 5.98. The molecule has 0 unspecified atom stereocenters. The Balaban J connectivity index is 2.00. The molecule has 21 heavy (non-hydrogen) atoms. The Labute approximate surface area is 134 Å². The number of carboxylic acids is 1. The van der Waals surface area contributed by atoms with Crippen molar-refractivity contribution in [3.8, 4) is 0 Å². The Morgan fingerprint density at radius 1 is 1.57 bits per heavy atom. The molecule has 0 aliphatic carbocycles. The highest BCUT2D eigenvalue weighted by Gasteiger charge is 2.51. The first-order chi connectivity index (χ1) is 9.97. The summed E-state index contributed by atoms with van der Waals surface area (Å²) in [6.45, 7) is 0.133. The number of fused-ring (bicyclic) bond motifs is 1. The molecule has 1 fully saturated rings. The van der Waals surface area contributed by atoms with Gasteiger partial charge in [0.25, 0.3) is 0 Å². The zero-order valence-corrected chi connectivity index (χ0v) is 13.2. The number of ether oxygens (including phenoxy) is 1. The van der Waals surface area contributed by atoms with E-state index in [0.717, 1.165) is 0 Å². The van der Waals surface area contributed by atoms with Gasteiger partial charge >= 0.3 is 11.9 Å². The highest BCUT2D eigenvalue weighted by Crippen LogP contribution is 2.42. The number of esters is 1. The van der Waals surface area contributed by atoms with E-state index in [-0.39, 0.29) is 29.5 Å². The van der Waals surface area contributed by atoms with Crippen molar-refractivity contribution >= 4 is 53.0 Å². The number of amides is 1. The van der Waals surface area contributed by atoms with Gasteiger partial charge in [0.2, 0.25) is 5.91 Å². The van der Waals surface area contributed by atoms with Crippen LogP contribution in [0.3, 0.4) is 0 Å². The summed E-state index contributed by atoms with van der Waals surface area (Å²) in [7, 11) is 0. The molecule has 3 N–H and O–H groups in total. The molecule has 7 nitrogen and oxygen atoms in total. The molecule has 1 saturated heterocycles. The number of hydrogen-bond donors (Lipinski definition) is 2. The predicted molar refractivity (Wildman–Crippen MR) is 79.9 cm³/mol. The second-order valence-electron chi connectivity index (χ2n) is 4.22. The van der Waals surface area contributed by atoms with Gasteiger partial charge in [0.05, 0.1) is 0 Å². The minimum absolute atomic E-state index is 0.0147. The number of aliphatic carboxylic acids is 1. The summed E-state index contributed by atoms with van der Waals surface area (Å²) in [5, 5.41) is 9.00. The van der Waals surface area contributed by atoms with Crippen LogP contribution in [0.25, 0.3) is 0 Å². The van der Waals surface area contributed by atoms with Gasteiger partial charge in [-0.25, -0.2) is 4.79 Å². The molecule has 0 aromatic carbocycles. The lowest BCUT2D eigenvalue weighted by molar-refractivity contribution is -0.147. The van der Waals surface area contributed by atoms with Gasteiger partial charge in [-0.1, -0.05) is 0 Å². The van der Waals surface area contributed by atoms with Crippen molar-refractivity contribution in [1.82, 2.24) is 4.90 Å². The Morgan fingerprint density at radius 2 is 2.29 bits per heavy atom. The molecule has 0 radical (unpaired) electrons. The van der Waals surface area contributed by atoms with E-state index in [1.807, 2.05) is 0 Å². The number of halogens is 1. The quantitative estimate of drug-likeness (QED) is 0.298. The van der Waals surface area contributed by atoms with Gasteiger partial charge in [0.15, 0.2) is 0 Å². The minimum atomic E-state index is -1.15. The summed E-state index contributed by atoms with van der Waals surface area (Å²) in [5.41, 5.74) is 5.64. The Hall–Kier alpha value is -0.900. The lowest BCUT2D eigenvalue weighted by Gasteiger charge is -2.47. The van der Waals surface area contributed by atoms with Crippen molar-refractivity contribution in [1.29, 1.82) is 0 Å². The summed E-state index contributed by atoms with van der Waals surface area (Å²) in [4.78, 5) is 35.8. The molecule has 0 aromatic rings. The number of nitrogens with two attached hydrogens (primary N) is 1. The van der Waals surface area contributed by atoms with Gasteiger partial charge in [0, 0.05) is 16.4 Å². The molecule has 0 bridgehead atoms. The zero-order chi connectivity index (χ0) is 15.6. The molecule has 10 heteroatoms. The van der Waals surface area contributed by atoms with Crippen LogP contribution in [0.5, 0.6) is 0 Å². The molecule has 2 aliphatic heterocycles. The molecule has 2 atom stereocenters. The summed E-state index contributed by atoms with van der Waals surface area (Å²) in [6.07, 6.45) is 0. The van der Waals surface area contributed by atoms with E-state index in [2.05, 4.69) is 0 Å². The highest BCUT2D eigenvalue weighted by molar-refractivity contribution is 8.06. The van der Waals surface area contributed by atoms with E-state index >= 15 is 0 Å². The molecule has 116 valence electrons. The van der Waals surface area contributed by atoms with E-state index in [9.17, 15) is 19.5 Å². The number of thioether (sulfide) groups is 2. The number of alkyl halides is 1. The normalized spacial score (nSPS) is 24.5. The molecule has 1 amide bonds. The summed E-state index contributed by atoms with van der Waals surface area (Å²) in [5.74, 6) is -1.40. The smallest absolute Gasteiger partial charge is 0.353 e. The molecule has 2 heterocycles. The standard InChI is InChI=1S/C11H13ClN2O5S2/c12-3-6(15)19-1-2-20-5-4-21-10-7(13)9(16)14(10)8(5)11(17)18/h7,10H,1-4,13H2,(H,17,18)/t7-,10+/m1/s1. The summed E-state index contributed by atoms with van der Waals surface area (Å²) < 4.78 is 4.81. The maximum Gasteiger partial charge on any atom is 0.353 e. The molecular weight excluding hydrogens is 340 g/mol. The van der Waals surface area contributed by atoms with Crippen LogP contribution >= 0.6 is 35.1 Å². The Bertz CT molecular complexity index is 513. The number of nitrogens with zero attached hydrogens (tertiary/aromatic N) is 1. The van der Waals surface area contributed by atoms with Crippen molar-refractivity contribution in [2.75, 3.05) is 24.0 Å². The second-order valence-corrected chi connectivity index (χ2v) is 6.78. The van der Waals surface area contributed by atoms with Gasteiger partial charge < -0.3 is 15.6 Å². The van der Waals surface area contributed by atoms with Crippen molar-refractivity contribution in [3.63, 3.8) is 0 Å². The fraction of sp³-hybridized carbons (Fsp3) is 0.545. The van der Waals surface area contributed by atoms with E-state index < -0.39 is 18.0 Å². The van der Waals surface area contributed by atoms with E-state index in [1.54, 1.807) is 0 Å². The van der Waals surface area contributed by atoms with Crippen molar-refractivity contribution in [2.45, 2.75) is 11.4 Å². The van der Waals surface area contributed by atoms with E-state index in [0.29, 0.717) is 16.4 Å². The van der Waals surface area contributed by atoms with E-state index in [4.69, 9.17) is 22.1 Å². The Kier molecular flexibility index (Phi) is 5.42. The number of carboxylic acid groups (broad SMARTS) is 1. The van der Waals surface area contributed by atoms with E-state index in [1.165, 1.54) is 28.4 Å². The van der Waals surface area contributed by atoms with Crippen LogP contribution in [0, 0.1) is 0 Å². The van der Waals surface area contributed by atoms with Gasteiger partial charge in [-0.2, -0.15) is 0 Å². The zero-order valence-electron chi connectivity index (χ0n) is 10.8. The second kappa shape index (κ2) is 6.91. The topological polar surface area (TPSA) is 110 Å². The maximum absolute atomic E-state index is 11.7. The fourth-order valence-corrected chi connectivity index (χ4v) is 4.45. The average molecular weight is 353 g/mol. The fourth-order valence-electron chi connectivity index (χ4n) is 1.96. The highest BCUT2D eigenvalue weighted by atomic mass is 35.5. The molecule has 0 aromatic heterocycles. The number of hydrogen-bond acceptors (Lipinski definition) is 7. The maximum atomic E-state index is 11.7. The van der Waals surface area contributed by atoms with Crippen molar-refractivity contribution < 1.29 is 24.2 Å². The van der Waals surface area contributed by atoms with Crippen LogP contribution in [0.2, 0.25) is 0 Å². The first kappa shape index (κ1) is 16.5. The third-order valence-corrected chi connectivity index (χ3v) is 5.67. The number of carbonyl (C=O) groups excluding carboxylic acids is 2. The number of rotatable bonds is 6. The summed E-state index contributed by atoms with van der Waals surface area (Å²) >= 11 is 7.97. The SMILES string of the molecule is N[C@@H]1C(=O)N2C(C(=O)O)=C(SCCOC(=O)CCl)CS[C@@H]12. The third kappa shape index (κ3) is 3.31. The third-order valence-electron chi connectivity index (χ3n) is 2.91. The van der Waals surface area contributed by atoms with Crippen LogP contribution in [-0.2, 0) is 19.1 Å². The minimum Gasteiger partial charge on any atom is -0.477 e.